The Bertz CT molecular complexity index is 430. The van der Waals surface area contributed by atoms with E-state index in [0.29, 0.717) is 19.5 Å². The molecule has 1 aromatic rings. The van der Waals surface area contributed by atoms with E-state index in [1.807, 2.05) is 0 Å². The van der Waals surface area contributed by atoms with Crippen molar-refractivity contribution < 1.29 is 4.39 Å². The van der Waals surface area contributed by atoms with E-state index >= 15 is 0 Å². The number of nitriles is 1. The van der Waals surface area contributed by atoms with Gasteiger partial charge in [-0.1, -0.05) is 17.2 Å². The minimum Gasteiger partial charge on any atom is -0.298 e. The molecular weight excluding hydrogens is 221 g/mol. The Kier molecular flexibility index (Phi) is 5.52. The molecule has 0 fully saturated rings. The SMILES string of the molecule is N#CC(NCCCN=[N+]=[N-])c1ccc(F)cc1. The number of hydrogen-bond acceptors (Lipinski definition) is 3. The van der Waals surface area contributed by atoms with Crippen molar-refractivity contribution >= 4 is 0 Å². The van der Waals surface area contributed by atoms with E-state index in [9.17, 15) is 4.39 Å². The fourth-order valence-corrected chi connectivity index (χ4v) is 1.33. The molecule has 88 valence electrons. The zero-order valence-electron chi connectivity index (χ0n) is 9.17. The van der Waals surface area contributed by atoms with Gasteiger partial charge >= 0.3 is 0 Å². The van der Waals surface area contributed by atoms with Crippen LogP contribution in [0.4, 0.5) is 4.39 Å². The molecule has 0 aliphatic rings. The van der Waals surface area contributed by atoms with Crippen LogP contribution in [0.15, 0.2) is 29.4 Å². The highest BCUT2D eigenvalue weighted by atomic mass is 19.1. The third-order valence-electron chi connectivity index (χ3n) is 2.18. The van der Waals surface area contributed by atoms with Crippen LogP contribution in [-0.4, -0.2) is 13.1 Å². The van der Waals surface area contributed by atoms with Gasteiger partial charge in [0.05, 0.1) is 6.07 Å². The zero-order chi connectivity index (χ0) is 12.5. The smallest absolute Gasteiger partial charge is 0.123 e. The Morgan fingerprint density at radius 2 is 2.18 bits per heavy atom. The molecule has 0 amide bonds. The molecule has 0 radical (unpaired) electrons. The van der Waals surface area contributed by atoms with Crippen LogP contribution < -0.4 is 5.32 Å². The van der Waals surface area contributed by atoms with Crippen molar-refractivity contribution in [1.82, 2.24) is 5.32 Å². The van der Waals surface area contributed by atoms with E-state index in [1.54, 1.807) is 12.1 Å². The minimum atomic E-state index is -0.471. The molecule has 1 rings (SSSR count). The Hall–Kier alpha value is -2.09. The average molecular weight is 233 g/mol. The number of azide groups is 1. The Labute approximate surface area is 98.5 Å². The lowest BCUT2D eigenvalue weighted by molar-refractivity contribution is 0.601. The highest BCUT2D eigenvalue weighted by Crippen LogP contribution is 2.12. The third kappa shape index (κ3) is 4.51. The quantitative estimate of drug-likeness (QED) is 0.354. The summed E-state index contributed by atoms with van der Waals surface area (Å²) in [5.74, 6) is -0.325. The van der Waals surface area contributed by atoms with Gasteiger partial charge in [0.15, 0.2) is 0 Å². The molecule has 1 atom stereocenters. The van der Waals surface area contributed by atoms with Crippen LogP contribution in [-0.2, 0) is 0 Å². The summed E-state index contributed by atoms with van der Waals surface area (Å²) in [4.78, 5) is 2.63. The van der Waals surface area contributed by atoms with E-state index in [4.69, 9.17) is 10.8 Å². The molecule has 0 heterocycles. The second kappa shape index (κ2) is 7.23. The van der Waals surface area contributed by atoms with Crippen molar-refractivity contribution in [2.45, 2.75) is 12.5 Å². The number of halogens is 1. The maximum absolute atomic E-state index is 12.7. The van der Waals surface area contributed by atoms with Crippen LogP contribution in [0.25, 0.3) is 10.4 Å². The molecule has 0 aliphatic carbocycles. The van der Waals surface area contributed by atoms with Crippen molar-refractivity contribution in [3.05, 3.63) is 46.1 Å². The first-order valence-corrected chi connectivity index (χ1v) is 5.17. The first-order valence-electron chi connectivity index (χ1n) is 5.17. The monoisotopic (exact) mass is 233 g/mol. The molecule has 0 saturated heterocycles. The molecule has 0 bridgehead atoms. The molecule has 0 aliphatic heterocycles. The van der Waals surface area contributed by atoms with Crippen LogP contribution >= 0.6 is 0 Å². The number of rotatable bonds is 6. The zero-order valence-corrected chi connectivity index (χ0v) is 9.17. The van der Waals surface area contributed by atoms with Crippen LogP contribution in [0, 0.1) is 17.1 Å². The van der Waals surface area contributed by atoms with E-state index in [1.165, 1.54) is 12.1 Å². The Morgan fingerprint density at radius 1 is 1.47 bits per heavy atom. The van der Waals surface area contributed by atoms with Crippen LogP contribution in [0.2, 0.25) is 0 Å². The summed E-state index contributed by atoms with van der Waals surface area (Å²) < 4.78 is 12.7. The summed E-state index contributed by atoms with van der Waals surface area (Å²) in [5.41, 5.74) is 8.80. The molecular formula is C11H12FN5. The average Bonchev–Trinajstić information content (AvgIpc) is 2.35. The number of nitrogens with one attached hydrogen (secondary N) is 1. The molecule has 1 aromatic carbocycles. The molecule has 0 aromatic heterocycles. The van der Waals surface area contributed by atoms with Gasteiger partial charge in [-0.2, -0.15) is 5.26 Å². The van der Waals surface area contributed by atoms with E-state index in [-0.39, 0.29) is 5.82 Å². The van der Waals surface area contributed by atoms with Crippen molar-refractivity contribution in [3.63, 3.8) is 0 Å². The number of hydrogen-bond donors (Lipinski definition) is 1. The second-order valence-corrected chi connectivity index (χ2v) is 3.38. The van der Waals surface area contributed by atoms with Gasteiger partial charge in [-0.25, -0.2) is 4.39 Å². The fraction of sp³-hybridized carbons (Fsp3) is 0.364. The summed E-state index contributed by atoms with van der Waals surface area (Å²) in [5, 5.41) is 15.3. The predicted molar refractivity (Wildman–Crippen MR) is 61.4 cm³/mol. The van der Waals surface area contributed by atoms with Gasteiger partial charge in [0.1, 0.15) is 11.9 Å². The van der Waals surface area contributed by atoms with Crippen LogP contribution in [0.1, 0.15) is 18.0 Å². The molecule has 0 spiro atoms. The number of benzene rings is 1. The molecule has 1 unspecified atom stereocenters. The van der Waals surface area contributed by atoms with Gasteiger partial charge in [0.2, 0.25) is 0 Å². The van der Waals surface area contributed by atoms with Crippen molar-refractivity contribution in [2.75, 3.05) is 13.1 Å². The lowest BCUT2D eigenvalue weighted by Crippen LogP contribution is -2.21. The molecule has 17 heavy (non-hydrogen) atoms. The van der Waals surface area contributed by atoms with Crippen LogP contribution in [0.3, 0.4) is 0 Å². The van der Waals surface area contributed by atoms with Gasteiger partial charge in [0, 0.05) is 11.5 Å². The highest BCUT2D eigenvalue weighted by Gasteiger charge is 2.08. The first kappa shape index (κ1) is 13.0. The lowest BCUT2D eigenvalue weighted by atomic mass is 10.1. The van der Waals surface area contributed by atoms with Gasteiger partial charge in [-0.3, -0.25) is 5.32 Å². The summed E-state index contributed by atoms with van der Waals surface area (Å²) in [6, 6.07) is 7.41. The Morgan fingerprint density at radius 3 is 2.76 bits per heavy atom. The molecule has 1 N–H and O–H groups in total. The highest BCUT2D eigenvalue weighted by molar-refractivity contribution is 5.24. The largest absolute Gasteiger partial charge is 0.298 e. The summed E-state index contributed by atoms with van der Waals surface area (Å²) >= 11 is 0. The van der Waals surface area contributed by atoms with E-state index in [2.05, 4.69) is 21.4 Å². The maximum Gasteiger partial charge on any atom is 0.123 e. The summed E-state index contributed by atoms with van der Waals surface area (Å²) in [6.07, 6.45) is 0.656. The van der Waals surface area contributed by atoms with Crippen LogP contribution in [0.5, 0.6) is 0 Å². The predicted octanol–water partition coefficient (Wildman–Crippen LogP) is 2.68. The Balaban J connectivity index is 2.46. The lowest BCUT2D eigenvalue weighted by Gasteiger charge is -2.10. The van der Waals surface area contributed by atoms with Gasteiger partial charge in [-0.05, 0) is 36.2 Å². The fourth-order valence-electron chi connectivity index (χ4n) is 1.33. The number of nitrogens with zero attached hydrogens (tertiary/aromatic N) is 4. The third-order valence-corrected chi connectivity index (χ3v) is 2.18. The topological polar surface area (TPSA) is 84.6 Å². The summed E-state index contributed by atoms with van der Waals surface area (Å²) in [7, 11) is 0. The summed E-state index contributed by atoms with van der Waals surface area (Å²) in [6.45, 7) is 0.958. The van der Waals surface area contributed by atoms with E-state index in [0.717, 1.165) is 5.56 Å². The van der Waals surface area contributed by atoms with Gasteiger partial charge < -0.3 is 0 Å². The van der Waals surface area contributed by atoms with E-state index < -0.39 is 6.04 Å². The first-order chi connectivity index (χ1) is 8.27. The standard InChI is InChI=1S/C11H12FN5/c12-10-4-2-9(3-5-10)11(8-13)15-6-1-7-16-17-14/h2-5,11,15H,1,6-7H2. The maximum atomic E-state index is 12.7. The minimum absolute atomic E-state index is 0.325. The van der Waals surface area contributed by atoms with Gasteiger partial charge in [0.25, 0.3) is 0 Å². The second-order valence-electron chi connectivity index (χ2n) is 3.38. The molecule has 0 saturated carbocycles. The molecule has 5 nitrogen and oxygen atoms in total. The molecule has 6 heteroatoms. The van der Waals surface area contributed by atoms with Crippen molar-refractivity contribution in [1.29, 1.82) is 5.26 Å². The van der Waals surface area contributed by atoms with Crippen molar-refractivity contribution in [2.24, 2.45) is 5.11 Å². The van der Waals surface area contributed by atoms with Gasteiger partial charge in [-0.15, -0.1) is 0 Å². The van der Waals surface area contributed by atoms with Crippen molar-refractivity contribution in [3.8, 4) is 6.07 Å². The normalized spacial score (nSPS) is 11.3.